The Morgan fingerprint density at radius 1 is 0.882 bits per heavy atom. The van der Waals surface area contributed by atoms with Crippen LogP contribution < -0.4 is 0 Å². The number of hydrogen-bond donors (Lipinski definition) is 0. The largest absolute Gasteiger partial charge is 0.0654 e. The summed E-state index contributed by atoms with van der Waals surface area (Å²) in [6.45, 7) is 19.3. The summed E-state index contributed by atoms with van der Waals surface area (Å²) in [5.74, 6) is 3.36. The Labute approximate surface area is 111 Å². The third-order valence-corrected chi connectivity index (χ3v) is 5.14. The van der Waals surface area contributed by atoms with Gasteiger partial charge in [0.25, 0.3) is 0 Å². The van der Waals surface area contributed by atoms with Crippen molar-refractivity contribution in [1.82, 2.24) is 0 Å². The van der Waals surface area contributed by atoms with Crippen LogP contribution in [-0.4, -0.2) is 0 Å². The van der Waals surface area contributed by atoms with E-state index in [1.54, 1.807) is 0 Å². The minimum atomic E-state index is 0.513. The average Bonchev–Trinajstić information content (AvgIpc) is 2.24. The second kappa shape index (κ2) is 7.44. The molecule has 2 unspecified atom stereocenters. The highest BCUT2D eigenvalue weighted by atomic mass is 14.5. The molecule has 0 radical (unpaired) electrons. The van der Waals surface area contributed by atoms with Crippen molar-refractivity contribution in [1.29, 1.82) is 0 Å². The molecule has 0 saturated heterocycles. The minimum absolute atomic E-state index is 0.513. The molecule has 17 heavy (non-hydrogen) atoms. The molecule has 0 aliphatic rings. The van der Waals surface area contributed by atoms with Crippen molar-refractivity contribution >= 4 is 0 Å². The van der Waals surface area contributed by atoms with E-state index in [-0.39, 0.29) is 0 Å². The maximum absolute atomic E-state index is 2.55. The molecule has 0 amide bonds. The van der Waals surface area contributed by atoms with Gasteiger partial charge >= 0.3 is 0 Å². The van der Waals surface area contributed by atoms with Crippen LogP contribution in [0.2, 0.25) is 0 Å². The Morgan fingerprint density at radius 3 is 1.59 bits per heavy atom. The molecule has 0 N–H and O–H groups in total. The molecular weight excluding hydrogens is 204 g/mol. The maximum Gasteiger partial charge on any atom is -0.0270 e. The van der Waals surface area contributed by atoms with Crippen LogP contribution in [0.1, 0.15) is 81.1 Å². The molecule has 0 spiro atoms. The molecule has 0 nitrogen and oxygen atoms in total. The van der Waals surface area contributed by atoms with Crippen LogP contribution in [0, 0.1) is 29.1 Å². The Hall–Kier alpha value is 0. The number of rotatable bonds is 8. The normalized spacial score (nSPS) is 17.8. The highest BCUT2D eigenvalue weighted by Gasteiger charge is 2.40. The lowest BCUT2D eigenvalue weighted by Gasteiger charge is -2.47. The molecule has 0 bridgehead atoms. The smallest absolute Gasteiger partial charge is 0.0270 e. The van der Waals surface area contributed by atoms with Gasteiger partial charge in [-0.25, -0.2) is 0 Å². The lowest BCUT2D eigenvalue weighted by molar-refractivity contribution is 0.0166. The fraction of sp³-hybridized carbons (Fsp3) is 1.00. The van der Waals surface area contributed by atoms with E-state index >= 15 is 0 Å². The Kier molecular flexibility index (Phi) is 7.44. The van der Waals surface area contributed by atoms with Gasteiger partial charge in [0.05, 0.1) is 0 Å². The summed E-state index contributed by atoms with van der Waals surface area (Å²) < 4.78 is 0. The first kappa shape index (κ1) is 17.0. The lowest BCUT2D eigenvalue weighted by Crippen LogP contribution is -2.40. The Bertz CT molecular complexity index is 188. The molecule has 0 heterocycles. The van der Waals surface area contributed by atoms with Gasteiger partial charge in [-0.2, -0.15) is 0 Å². The van der Waals surface area contributed by atoms with Crippen molar-refractivity contribution in [2.45, 2.75) is 81.1 Å². The Morgan fingerprint density at radius 2 is 1.35 bits per heavy atom. The summed E-state index contributed by atoms with van der Waals surface area (Å²) in [6.07, 6.45) is 5.37. The van der Waals surface area contributed by atoms with Gasteiger partial charge < -0.3 is 0 Å². The molecule has 0 aromatic rings. The topological polar surface area (TPSA) is 0 Å². The van der Waals surface area contributed by atoms with Crippen LogP contribution in [0.5, 0.6) is 0 Å². The van der Waals surface area contributed by atoms with Crippen LogP contribution in [0.25, 0.3) is 0 Å². The monoisotopic (exact) mass is 240 g/mol. The van der Waals surface area contributed by atoms with Crippen LogP contribution >= 0.6 is 0 Å². The van der Waals surface area contributed by atoms with Crippen LogP contribution in [0.15, 0.2) is 0 Å². The molecule has 0 saturated carbocycles. The van der Waals surface area contributed by atoms with E-state index in [9.17, 15) is 0 Å². The van der Waals surface area contributed by atoms with E-state index < -0.39 is 0 Å². The van der Waals surface area contributed by atoms with Gasteiger partial charge in [-0.15, -0.1) is 0 Å². The molecule has 0 aliphatic heterocycles. The highest BCUT2D eigenvalue weighted by Crippen LogP contribution is 2.48. The first-order valence-corrected chi connectivity index (χ1v) is 7.84. The minimum Gasteiger partial charge on any atom is -0.0654 e. The maximum atomic E-state index is 2.55. The zero-order valence-electron chi connectivity index (χ0n) is 13.6. The standard InChI is InChI=1S/C17H36/c1-9-12-17(8,14(6)7)16(13(4)5)15(10-2)11-3/h13-16H,9-12H2,1-8H3. The quantitative estimate of drug-likeness (QED) is 0.477. The first-order valence-electron chi connectivity index (χ1n) is 7.84. The van der Waals surface area contributed by atoms with Crippen LogP contribution in [0.3, 0.4) is 0 Å². The third-order valence-electron chi connectivity index (χ3n) is 5.14. The van der Waals surface area contributed by atoms with E-state index in [4.69, 9.17) is 0 Å². The van der Waals surface area contributed by atoms with Gasteiger partial charge in [-0.05, 0) is 35.5 Å². The number of hydrogen-bond acceptors (Lipinski definition) is 0. The van der Waals surface area contributed by atoms with Gasteiger partial charge in [-0.3, -0.25) is 0 Å². The molecule has 104 valence electrons. The van der Waals surface area contributed by atoms with Crippen molar-refractivity contribution in [3.63, 3.8) is 0 Å². The SMILES string of the molecule is CCCC(C)(C(C)C)C(C(C)C)C(CC)CC. The predicted octanol–water partition coefficient (Wildman–Crippen LogP) is 6.16. The van der Waals surface area contributed by atoms with E-state index in [0.29, 0.717) is 5.41 Å². The second-order valence-electron chi connectivity index (χ2n) is 6.76. The summed E-state index contributed by atoms with van der Waals surface area (Å²) in [5.41, 5.74) is 0.513. The summed E-state index contributed by atoms with van der Waals surface area (Å²) in [6, 6.07) is 0. The average molecular weight is 240 g/mol. The van der Waals surface area contributed by atoms with Gasteiger partial charge in [-0.1, -0.05) is 74.7 Å². The fourth-order valence-electron chi connectivity index (χ4n) is 4.02. The summed E-state index contributed by atoms with van der Waals surface area (Å²) in [5, 5.41) is 0. The van der Waals surface area contributed by atoms with Crippen molar-refractivity contribution in [3.8, 4) is 0 Å². The molecule has 0 fully saturated rings. The molecule has 0 aromatic carbocycles. The third kappa shape index (κ3) is 4.00. The van der Waals surface area contributed by atoms with E-state index in [1.165, 1.54) is 25.7 Å². The van der Waals surface area contributed by atoms with Crippen LogP contribution in [0.4, 0.5) is 0 Å². The predicted molar refractivity (Wildman–Crippen MR) is 80.3 cm³/mol. The summed E-state index contributed by atoms with van der Waals surface area (Å²) in [4.78, 5) is 0. The highest BCUT2D eigenvalue weighted by molar-refractivity contribution is 4.89. The Balaban J connectivity index is 5.22. The van der Waals surface area contributed by atoms with E-state index in [2.05, 4.69) is 55.4 Å². The van der Waals surface area contributed by atoms with E-state index in [0.717, 1.165) is 23.7 Å². The summed E-state index contributed by atoms with van der Waals surface area (Å²) in [7, 11) is 0. The summed E-state index contributed by atoms with van der Waals surface area (Å²) >= 11 is 0. The van der Waals surface area contributed by atoms with Crippen molar-refractivity contribution in [2.24, 2.45) is 29.1 Å². The zero-order chi connectivity index (χ0) is 13.6. The van der Waals surface area contributed by atoms with Crippen molar-refractivity contribution in [2.75, 3.05) is 0 Å². The van der Waals surface area contributed by atoms with Gasteiger partial charge in [0.2, 0.25) is 0 Å². The zero-order valence-corrected chi connectivity index (χ0v) is 13.6. The van der Waals surface area contributed by atoms with Gasteiger partial charge in [0, 0.05) is 0 Å². The van der Waals surface area contributed by atoms with Crippen molar-refractivity contribution < 1.29 is 0 Å². The lowest BCUT2D eigenvalue weighted by atomic mass is 9.58. The van der Waals surface area contributed by atoms with E-state index in [1.807, 2.05) is 0 Å². The van der Waals surface area contributed by atoms with Gasteiger partial charge in [0.15, 0.2) is 0 Å². The van der Waals surface area contributed by atoms with Crippen molar-refractivity contribution in [3.05, 3.63) is 0 Å². The molecule has 0 aliphatic carbocycles. The molecular formula is C17H36. The molecule has 0 heteroatoms. The molecule has 0 rings (SSSR count). The van der Waals surface area contributed by atoms with Gasteiger partial charge in [0.1, 0.15) is 0 Å². The molecule has 0 aromatic heterocycles. The fourth-order valence-corrected chi connectivity index (χ4v) is 4.02. The first-order chi connectivity index (χ1) is 7.84. The molecule has 2 atom stereocenters. The van der Waals surface area contributed by atoms with Crippen LogP contribution in [-0.2, 0) is 0 Å². The second-order valence-corrected chi connectivity index (χ2v) is 6.76.